The van der Waals surface area contributed by atoms with Crippen molar-refractivity contribution in [3.05, 3.63) is 28.8 Å². The van der Waals surface area contributed by atoms with E-state index < -0.39 is 0 Å². The minimum atomic E-state index is -0.0310. The smallest absolute Gasteiger partial charge is 0.257 e. The van der Waals surface area contributed by atoms with E-state index in [1.807, 2.05) is 19.9 Å². The average Bonchev–Trinajstić information content (AvgIpc) is 2.51. The highest BCUT2D eigenvalue weighted by Gasteiger charge is 2.16. The molecule has 0 spiro atoms. The van der Waals surface area contributed by atoms with E-state index in [4.69, 9.17) is 4.74 Å². The average molecular weight is 318 g/mol. The fourth-order valence-electron chi connectivity index (χ4n) is 3.11. The third-order valence-electron chi connectivity index (χ3n) is 4.84. The molecular formula is C19H30N2O2. The molecule has 1 amide bonds. The minimum absolute atomic E-state index is 0.0310. The molecule has 0 unspecified atom stereocenters. The van der Waals surface area contributed by atoms with Crippen LogP contribution in [0.1, 0.15) is 36.0 Å². The number of rotatable bonds is 6. The maximum atomic E-state index is 11.9. The summed E-state index contributed by atoms with van der Waals surface area (Å²) in [6, 6.07) is 4.12. The molecule has 1 N–H and O–H groups in total. The first-order valence-electron chi connectivity index (χ1n) is 8.61. The fourth-order valence-corrected chi connectivity index (χ4v) is 3.11. The number of likely N-dealkylation sites (tertiary alicyclic amines) is 1. The number of nitrogens with one attached hydrogen (secondary N) is 1. The van der Waals surface area contributed by atoms with Gasteiger partial charge in [0.1, 0.15) is 5.75 Å². The molecule has 23 heavy (non-hydrogen) atoms. The summed E-state index contributed by atoms with van der Waals surface area (Å²) in [5, 5.41) is 2.98. The number of benzene rings is 1. The lowest BCUT2D eigenvalue weighted by atomic mass is 9.94. The van der Waals surface area contributed by atoms with E-state index in [0.29, 0.717) is 0 Å². The number of aryl methyl sites for hydroxylation is 2. The van der Waals surface area contributed by atoms with Crippen molar-refractivity contribution in [3.63, 3.8) is 0 Å². The molecule has 1 aliphatic rings. The van der Waals surface area contributed by atoms with Crippen LogP contribution in [-0.4, -0.2) is 44.1 Å². The first-order valence-corrected chi connectivity index (χ1v) is 8.61. The Hall–Kier alpha value is -1.55. The van der Waals surface area contributed by atoms with E-state index in [1.54, 1.807) is 0 Å². The molecule has 2 rings (SSSR count). The van der Waals surface area contributed by atoms with Crippen LogP contribution >= 0.6 is 0 Å². The highest BCUT2D eigenvalue weighted by molar-refractivity contribution is 5.77. The maximum Gasteiger partial charge on any atom is 0.257 e. The van der Waals surface area contributed by atoms with Crippen LogP contribution in [0.3, 0.4) is 0 Å². The van der Waals surface area contributed by atoms with E-state index >= 15 is 0 Å². The summed E-state index contributed by atoms with van der Waals surface area (Å²) in [6.07, 6.45) is 3.55. The Balaban J connectivity index is 1.69. The second-order valence-corrected chi connectivity index (χ2v) is 6.88. The second-order valence-electron chi connectivity index (χ2n) is 6.88. The molecule has 4 nitrogen and oxygen atoms in total. The third kappa shape index (κ3) is 5.54. The lowest BCUT2D eigenvalue weighted by Crippen LogP contribution is -2.34. The van der Waals surface area contributed by atoms with Gasteiger partial charge in [-0.3, -0.25) is 4.79 Å². The Labute approximate surface area is 140 Å². The highest BCUT2D eigenvalue weighted by Crippen LogP contribution is 2.23. The van der Waals surface area contributed by atoms with E-state index in [1.165, 1.54) is 31.5 Å². The van der Waals surface area contributed by atoms with Crippen molar-refractivity contribution in [2.45, 2.75) is 40.0 Å². The lowest BCUT2D eigenvalue weighted by Gasteiger charge is -2.28. The molecule has 1 fully saturated rings. The van der Waals surface area contributed by atoms with Gasteiger partial charge in [0.15, 0.2) is 6.61 Å². The summed E-state index contributed by atoms with van der Waals surface area (Å²) >= 11 is 0. The van der Waals surface area contributed by atoms with Gasteiger partial charge < -0.3 is 15.0 Å². The van der Waals surface area contributed by atoms with Gasteiger partial charge in [0.2, 0.25) is 0 Å². The number of hydrogen-bond acceptors (Lipinski definition) is 3. The topological polar surface area (TPSA) is 41.6 Å². The summed E-state index contributed by atoms with van der Waals surface area (Å²) in [7, 11) is 2.17. The van der Waals surface area contributed by atoms with Crippen molar-refractivity contribution in [3.8, 4) is 5.75 Å². The van der Waals surface area contributed by atoms with Gasteiger partial charge in [-0.2, -0.15) is 0 Å². The van der Waals surface area contributed by atoms with Crippen molar-refractivity contribution < 1.29 is 9.53 Å². The van der Waals surface area contributed by atoms with Crippen LogP contribution in [0.2, 0.25) is 0 Å². The number of carbonyl (C=O) groups excluding carboxylic acids is 1. The summed E-state index contributed by atoms with van der Waals surface area (Å²) < 4.78 is 5.70. The van der Waals surface area contributed by atoms with Crippen molar-refractivity contribution >= 4 is 5.91 Å². The molecule has 1 aromatic carbocycles. The largest absolute Gasteiger partial charge is 0.483 e. The van der Waals surface area contributed by atoms with Gasteiger partial charge in [-0.15, -0.1) is 0 Å². The molecule has 0 saturated carbocycles. The zero-order chi connectivity index (χ0) is 16.8. The Kier molecular flexibility index (Phi) is 6.46. The van der Waals surface area contributed by atoms with Crippen LogP contribution in [0.15, 0.2) is 12.1 Å². The Morgan fingerprint density at radius 1 is 1.26 bits per heavy atom. The lowest BCUT2D eigenvalue weighted by molar-refractivity contribution is -0.123. The highest BCUT2D eigenvalue weighted by atomic mass is 16.5. The normalized spacial score (nSPS) is 16.3. The minimum Gasteiger partial charge on any atom is -0.483 e. The van der Waals surface area contributed by atoms with Crippen molar-refractivity contribution in [2.24, 2.45) is 5.92 Å². The standard InChI is InChI=1S/C19H30N2O2/c1-14-11-15(2)16(3)18(12-14)23-13-19(22)20-8-5-17-6-9-21(4)10-7-17/h11-12,17H,5-10,13H2,1-4H3,(H,20,22). The quantitative estimate of drug-likeness (QED) is 0.877. The van der Waals surface area contributed by atoms with E-state index in [0.717, 1.165) is 35.8 Å². The molecule has 1 heterocycles. The predicted molar refractivity (Wildman–Crippen MR) is 94.0 cm³/mol. The number of piperidine rings is 1. The van der Waals surface area contributed by atoms with Gasteiger partial charge in [-0.1, -0.05) is 6.07 Å². The molecule has 1 aromatic rings. The van der Waals surface area contributed by atoms with Crippen molar-refractivity contribution in [1.82, 2.24) is 10.2 Å². The predicted octanol–water partition coefficient (Wildman–Crippen LogP) is 2.84. The van der Waals surface area contributed by atoms with Crippen molar-refractivity contribution in [2.75, 3.05) is 33.3 Å². The van der Waals surface area contributed by atoms with Gasteiger partial charge in [0.25, 0.3) is 5.91 Å². The molecule has 1 saturated heterocycles. The Bertz CT molecular complexity index is 534. The molecular weight excluding hydrogens is 288 g/mol. The Morgan fingerprint density at radius 2 is 1.96 bits per heavy atom. The molecule has 128 valence electrons. The van der Waals surface area contributed by atoms with Crippen LogP contribution < -0.4 is 10.1 Å². The molecule has 1 aliphatic heterocycles. The molecule has 0 radical (unpaired) electrons. The SMILES string of the molecule is Cc1cc(C)c(C)c(OCC(=O)NCCC2CCN(C)CC2)c1. The number of nitrogens with zero attached hydrogens (tertiary/aromatic N) is 1. The van der Waals surface area contributed by atoms with E-state index in [2.05, 4.69) is 30.3 Å². The van der Waals surface area contributed by atoms with Gasteiger partial charge in [0, 0.05) is 6.54 Å². The number of hydrogen-bond donors (Lipinski definition) is 1. The van der Waals surface area contributed by atoms with Crippen LogP contribution in [-0.2, 0) is 4.79 Å². The number of amides is 1. The van der Waals surface area contributed by atoms with E-state index in [-0.39, 0.29) is 12.5 Å². The molecule has 0 bridgehead atoms. The molecule has 0 aliphatic carbocycles. The summed E-state index contributed by atoms with van der Waals surface area (Å²) in [6.45, 7) is 9.33. The molecule has 0 atom stereocenters. The van der Waals surface area contributed by atoms with Crippen LogP contribution in [0, 0.1) is 26.7 Å². The zero-order valence-electron chi connectivity index (χ0n) is 14.9. The number of ether oxygens (including phenoxy) is 1. The first-order chi connectivity index (χ1) is 11.0. The monoisotopic (exact) mass is 318 g/mol. The second kappa shape index (κ2) is 8.34. The molecule has 4 heteroatoms. The molecule has 0 aromatic heterocycles. The fraction of sp³-hybridized carbons (Fsp3) is 0.632. The maximum absolute atomic E-state index is 11.9. The summed E-state index contributed by atoms with van der Waals surface area (Å²) in [4.78, 5) is 14.3. The van der Waals surface area contributed by atoms with Gasteiger partial charge in [-0.25, -0.2) is 0 Å². The summed E-state index contributed by atoms with van der Waals surface area (Å²) in [5.74, 6) is 1.53. The van der Waals surface area contributed by atoms with E-state index in [9.17, 15) is 4.79 Å². The zero-order valence-corrected chi connectivity index (χ0v) is 14.9. The summed E-state index contributed by atoms with van der Waals surface area (Å²) in [5.41, 5.74) is 3.46. The van der Waals surface area contributed by atoms with Gasteiger partial charge in [0.05, 0.1) is 0 Å². The Morgan fingerprint density at radius 3 is 2.65 bits per heavy atom. The van der Waals surface area contributed by atoms with Crippen LogP contribution in [0.25, 0.3) is 0 Å². The number of carbonyl (C=O) groups is 1. The van der Waals surface area contributed by atoms with Crippen LogP contribution in [0.5, 0.6) is 5.75 Å². The van der Waals surface area contributed by atoms with Gasteiger partial charge >= 0.3 is 0 Å². The first kappa shape index (κ1) is 17.8. The van der Waals surface area contributed by atoms with Crippen LogP contribution in [0.4, 0.5) is 0 Å². The van der Waals surface area contributed by atoms with Gasteiger partial charge in [-0.05, 0) is 88.8 Å². The van der Waals surface area contributed by atoms with Crippen molar-refractivity contribution in [1.29, 1.82) is 0 Å². The third-order valence-corrected chi connectivity index (χ3v) is 4.84.